The monoisotopic (exact) mass is 442 g/mol. The van der Waals surface area contributed by atoms with E-state index in [1.54, 1.807) is 5.56 Å². The minimum atomic E-state index is 0.310. The van der Waals surface area contributed by atoms with Crippen molar-refractivity contribution in [2.45, 2.75) is 94.3 Å². The number of nitrogens with zero attached hydrogens (tertiary/aromatic N) is 3. The lowest BCUT2D eigenvalue weighted by atomic mass is 9.66. The number of benzene rings is 2. The van der Waals surface area contributed by atoms with Gasteiger partial charge in [-0.25, -0.2) is 4.98 Å². The third-order valence-electron chi connectivity index (χ3n) is 9.22. The van der Waals surface area contributed by atoms with Gasteiger partial charge in [-0.1, -0.05) is 42.5 Å². The fourth-order valence-corrected chi connectivity index (χ4v) is 7.46. The molecule has 4 nitrogen and oxygen atoms in total. The summed E-state index contributed by atoms with van der Waals surface area (Å²) in [4.78, 5) is 7.76. The molecule has 2 aromatic carbocycles. The second-order valence-electron chi connectivity index (χ2n) is 11.0. The molecule has 0 radical (unpaired) electrons. The van der Waals surface area contributed by atoms with E-state index in [2.05, 4.69) is 71.0 Å². The number of imidazole rings is 1. The zero-order valence-electron chi connectivity index (χ0n) is 20.0. The van der Waals surface area contributed by atoms with Gasteiger partial charge in [0.15, 0.2) is 0 Å². The predicted molar refractivity (Wildman–Crippen MR) is 135 cm³/mol. The van der Waals surface area contributed by atoms with Crippen LogP contribution in [0.1, 0.15) is 75.2 Å². The highest BCUT2D eigenvalue weighted by Crippen LogP contribution is 2.46. The molecule has 0 amide bonds. The largest absolute Gasteiger partial charge is 0.328 e. The third kappa shape index (κ3) is 3.81. The minimum absolute atomic E-state index is 0.310. The maximum Gasteiger partial charge on any atom is 0.106 e. The van der Waals surface area contributed by atoms with Gasteiger partial charge in [0.2, 0.25) is 0 Å². The SMILES string of the molecule is Cc1nc2ccccc2n1C1CC2CCC(C1)N2CC[C@]1(c2ccccc2)CC[C@H](N)CC1. The molecule has 0 spiro atoms. The first-order chi connectivity index (χ1) is 16.1. The molecule has 2 saturated heterocycles. The predicted octanol–water partition coefficient (Wildman–Crippen LogP) is 5.74. The van der Waals surface area contributed by atoms with Gasteiger partial charge in [0.25, 0.3) is 0 Å². The molecule has 33 heavy (non-hydrogen) atoms. The Bertz CT molecular complexity index is 1080. The Hall–Kier alpha value is -2.17. The van der Waals surface area contributed by atoms with E-state index in [1.807, 2.05) is 0 Å². The second kappa shape index (κ2) is 8.56. The number of aromatic nitrogens is 2. The summed E-state index contributed by atoms with van der Waals surface area (Å²) in [6, 6.07) is 22.4. The van der Waals surface area contributed by atoms with Crippen LogP contribution in [-0.2, 0) is 5.41 Å². The summed E-state index contributed by atoms with van der Waals surface area (Å²) in [6.07, 6.45) is 11.3. The van der Waals surface area contributed by atoms with Crippen LogP contribution in [0.2, 0.25) is 0 Å². The van der Waals surface area contributed by atoms with Crippen molar-refractivity contribution in [3.63, 3.8) is 0 Å². The van der Waals surface area contributed by atoms with Crippen LogP contribution in [0.3, 0.4) is 0 Å². The van der Waals surface area contributed by atoms with E-state index < -0.39 is 0 Å². The molecule has 1 saturated carbocycles. The highest BCUT2D eigenvalue weighted by molar-refractivity contribution is 5.76. The molecule has 2 bridgehead atoms. The van der Waals surface area contributed by atoms with Crippen LogP contribution < -0.4 is 5.73 Å². The highest BCUT2D eigenvalue weighted by atomic mass is 15.2. The Morgan fingerprint density at radius 2 is 1.55 bits per heavy atom. The molecule has 2 unspecified atom stereocenters. The molecule has 2 N–H and O–H groups in total. The number of nitrogens with two attached hydrogens (primary N) is 1. The maximum absolute atomic E-state index is 6.32. The van der Waals surface area contributed by atoms with Crippen LogP contribution in [0.4, 0.5) is 0 Å². The zero-order chi connectivity index (χ0) is 22.4. The molecule has 174 valence electrons. The molecule has 6 rings (SSSR count). The van der Waals surface area contributed by atoms with Gasteiger partial charge in [-0.3, -0.25) is 4.90 Å². The molecule has 1 aromatic heterocycles. The van der Waals surface area contributed by atoms with Crippen molar-refractivity contribution < 1.29 is 0 Å². The molecule has 1 aliphatic carbocycles. The number of para-hydroxylation sites is 2. The van der Waals surface area contributed by atoms with Gasteiger partial charge in [-0.15, -0.1) is 0 Å². The van der Waals surface area contributed by atoms with E-state index in [9.17, 15) is 0 Å². The van der Waals surface area contributed by atoms with Crippen LogP contribution in [0, 0.1) is 6.92 Å². The lowest BCUT2D eigenvalue weighted by Crippen LogP contribution is -2.46. The van der Waals surface area contributed by atoms with E-state index in [4.69, 9.17) is 10.7 Å². The van der Waals surface area contributed by atoms with Crippen molar-refractivity contribution in [3.05, 3.63) is 66.0 Å². The van der Waals surface area contributed by atoms with Crippen LogP contribution in [0.15, 0.2) is 54.6 Å². The Labute approximate surface area is 198 Å². The van der Waals surface area contributed by atoms with E-state index in [1.165, 1.54) is 62.8 Å². The van der Waals surface area contributed by atoms with Gasteiger partial charge in [0.05, 0.1) is 11.0 Å². The van der Waals surface area contributed by atoms with E-state index in [0.29, 0.717) is 29.6 Å². The van der Waals surface area contributed by atoms with Crippen molar-refractivity contribution in [2.75, 3.05) is 6.54 Å². The van der Waals surface area contributed by atoms with Crippen molar-refractivity contribution in [1.82, 2.24) is 14.5 Å². The number of fused-ring (bicyclic) bond motifs is 3. The lowest BCUT2D eigenvalue weighted by Gasteiger charge is -2.44. The summed E-state index contributed by atoms with van der Waals surface area (Å²) in [5.74, 6) is 1.18. The summed E-state index contributed by atoms with van der Waals surface area (Å²) in [7, 11) is 0. The van der Waals surface area contributed by atoms with E-state index >= 15 is 0 Å². The quantitative estimate of drug-likeness (QED) is 0.548. The molecular formula is C29H38N4. The molecule has 3 fully saturated rings. The Morgan fingerprint density at radius 3 is 2.27 bits per heavy atom. The van der Waals surface area contributed by atoms with Gasteiger partial charge >= 0.3 is 0 Å². The average molecular weight is 443 g/mol. The Balaban J connectivity index is 1.20. The van der Waals surface area contributed by atoms with Crippen molar-refractivity contribution >= 4 is 11.0 Å². The van der Waals surface area contributed by atoms with Gasteiger partial charge in [0, 0.05) is 24.2 Å². The first kappa shape index (κ1) is 21.4. The van der Waals surface area contributed by atoms with Crippen molar-refractivity contribution in [1.29, 1.82) is 0 Å². The van der Waals surface area contributed by atoms with Crippen LogP contribution in [-0.4, -0.2) is 39.1 Å². The van der Waals surface area contributed by atoms with Gasteiger partial charge < -0.3 is 10.3 Å². The fourth-order valence-electron chi connectivity index (χ4n) is 7.46. The maximum atomic E-state index is 6.32. The van der Waals surface area contributed by atoms with Gasteiger partial charge in [0.1, 0.15) is 5.82 Å². The van der Waals surface area contributed by atoms with Gasteiger partial charge in [-0.2, -0.15) is 0 Å². The summed E-state index contributed by atoms with van der Waals surface area (Å²) >= 11 is 0. The first-order valence-corrected chi connectivity index (χ1v) is 13.1. The molecule has 2 atom stereocenters. The molecule has 3 heterocycles. The third-order valence-corrected chi connectivity index (χ3v) is 9.22. The normalized spacial score (nSPS) is 32.4. The Kier molecular flexibility index (Phi) is 5.54. The number of hydrogen-bond donors (Lipinski definition) is 1. The standard InChI is InChI=1S/C29H38N4/c1-21-31-27-9-5-6-10-28(27)33(21)26-19-24-11-12-25(20-26)32(24)18-17-29(15-13-23(30)14-16-29)22-7-3-2-4-8-22/h2-10,23-26H,11-20,30H2,1H3/t23-,24?,25?,26?,29-. The van der Waals surface area contributed by atoms with Crippen LogP contribution in [0.25, 0.3) is 11.0 Å². The minimum Gasteiger partial charge on any atom is -0.328 e. The second-order valence-corrected chi connectivity index (χ2v) is 11.0. The molecule has 4 heteroatoms. The van der Waals surface area contributed by atoms with E-state index in [-0.39, 0.29) is 0 Å². The van der Waals surface area contributed by atoms with Crippen molar-refractivity contribution in [2.24, 2.45) is 5.73 Å². The number of hydrogen-bond acceptors (Lipinski definition) is 3. The summed E-state index contributed by atoms with van der Waals surface area (Å²) in [6.45, 7) is 3.42. The summed E-state index contributed by atoms with van der Waals surface area (Å²) < 4.78 is 2.55. The first-order valence-electron chi connectivity index (χ1n) is 13.1. The van der Waals surface area contributed by atoms with E-state index in [0.717, 1.165) is 18.4 Å². The summed E-state index contributed by atoms with van der Waals surface area (Å²) in [5.41, 5.74) is 10.6. The topological polar surface area (TPSA) is 47.1 Å². The van der Waals surface area contributed by atoms with Gasteiger partial charge in [-0.05, 0) is 94.4 Å². The van der Waals surface area contributed by atoms with Crippen LogP contribution in [0.5, 0.6) is 0 Å². The smallest absolute Gasteiger partial charge is 0.106 e. The van der Waals surface area contributed by atoms with Crippen LogP contribution >= 0.6 is 0 Å². The molecule has 3 aliphatic rings. The average Bonchev–Trinajstić information content (AvgIpc) is 3.30. The molecule has 3 aromatic rings. The summed E-state index contributed by atoms with van der Waals surface area (Å²) in [5, 5.41) is 0. The highest BCUT2D eigenvalue weighted by Gasteiger charge is 2.43. The zero-order valence-corrected chi connectivity index (χ0v) is 20.0. The fraction of sp³-hybridized carbons (Fsp3) is 0.552. The lowest BCUT2D eigenvalue weighted by molar-refractivity contribution is 0.0910. The molecule has 2 aliphatic heterocycles. The molecular weight excluding hydrogens is 404 g/mol. The number of piperidine rings is 1. The Morgan fingerprint density at radius 1 is 0.879 bits per heavy atom. The van der Waals surface area contributed by atoms with Crippen molar-refractivity contribution in [3.8, 4) is 0 Å². The number of rotatable bonds is 5. The number of aryl methyl sites for hydroxylation is 1.